The van der Waals surface area contributed by atoms with E-state index in [4.69, 9.17) is 0 Å². The molecule has 0 heterocycles. The molecule has 4 fully saturated rings. The van der Waals surface area contributed by atoms with E-state index in [1.54, 1.807) is 11.1 Å². The van der Waals surface area contributed by atoms with Gasteiger partial charge in [0, 0.05) is 27.8 Å². The lowest BCUT2D eigenvalue weighted by atomic mass is 9.11. The molecule has 0 aromatic heterocycles. The summed E-state index contributed by atoms with van der Waals surface area (Å²) < 4.78 is 0. The van der Waals surface area contributed by atoms with Crippen molar-refractivity contribution in [3.8, 4) is 55.6 Å². The third-order valence-electron chi connectivity index (χ3n) is 21.1. The molecule has 0 bridgehead atoms. The van der Waals surface area contributed by atoms with Crippen molar-refractivity contribution in [2.24, 2.45) is 29.1 Å². The third-order valence-corrected chi connectivity index (χ3v) is 21.1. The fraction of sp³-hybridized carbons (Fsp3) is 0.247. The van der Waals surface area contributed by atoms with Crippen LogP contribution in [0.4, 0.5) is 17.1 Å². The molecule has 0 radical (unpaired) electrons. The average Bonchev–Trinajstić information content (AvgIpc) is 1.13. The van der Waals surface area contributed by atoms with Crippen molar-refractivity contribution in [1.82, 2.24) is 0 Å². The standard InChI is InChI=1S/C77H67N/c1-73(2,3)52-39-50(40-53(42-52)74(4,5)6)58-26-17-19-48-20-18-27-64(72(48)58)63-25-13-16-30-69(63)78(57-36-38-61-59-23-11-14-28-65(59)75(7,67(61)46-57)51-21-9-8-10-22-51)56-34-31-47(32-35-56)49-33-37-62-60-24-12-15-29-66(60)77(68(62)41-49)70-44-54-43-55-45-71(77)76(54,55)70/h8-42,46,54-55,70-71H,43-45H2,1-7H3. The molecule has 4 saturated carbocycles. The molecule has 6 aliphatic carbocycles. The van der Waals surface area contributed by atoms with Crippen LogP contribution in [0.5, 0.6) is 0 Å². The first-order valence-electron chi connectivity index (χ1n) is 29.0. The van der Waals surface area contributed by atoms with Crippen molar-refractivity contribution in [1.29, 1.82) is 0 Å². The van der Waals surface area contributed by atoms with E-state index >= 15 is 0 Å². The van der Waals surface area contributed by atoms with Crippen molar-refractivity contribution in [2.75, 3.05) is 4.90 Å². The molecule has 1 nitrogen and oxygen atoms in total. The Hall–Kier alpha value is -7.74. The summed E-state index contributed by atoms with van der Waals surface area (Å²) >= 11 is 0. The second kappa shape index (κ2) is 15.9. The SMILES string of the molecule is CC(C)(C)c1cc(-c2cccc3cccc(-c4ccccc4N(c4ccc(-c5ccc6c(c5)C5(c7ccccc7-6)C6CC7CC8CC5C786)cc4)c4ccc5c(c4)C(C)(c4ccccc4)c4ccccc4-5)c23)cc(C(C)(C)C)c1. The second-order valence-electron chi connectivity index (χ2n) is 26.6. The molecule has 6 aliphatic rings. The molecule has 5 atom stereocenters. The third kappa shape index (κ3) is 5.98. The van der Waals surface area contributed by atoms with Crippen LogP contribution in [0.3, 0.4) is 0 Å². The lowest BCUT2D eigenvalue weighted by molar-refractivity contribution is -0.412. The van der Waals surface area contributed by atoms with Crippen molar-refractivity contribution in [3.05, 3.63) is 257 Å². The predicted octanol–water partition coefficient (Wildman–Crippen LogP) is 20.2. The summed E-state index contributed by atoms with van der Waals surface area (Å²) in [7, 11) is 0. The molecular weight excluding hydrogens is 939 g/mol. The van der Waals surface area contributed by atoms with Crippen molar-refractivity contribution in [2.45, 2.75) is 89.4 Å². The van der Waals surface area contributed by atoms with Gasteiger partial charge in [-0.25, -0.2) is 0 Å². The molecule has 0 amide bonds. The van der Waals surface area contributed by atoms with Gasteiger partial charge < -0.3 is 4.90 Å². The Labute approximate surface area is 461 Å². The van der Waals surface area contributed by atoms with Gasteiger partial charge in [0.05, 0.1) is 5.69 Å². The Bertz CT molecular complexity index is 4080. The van der Waals surface area contributed by atoms with Gasteiger partial charge in [0.1, 0.15) is 0 Å². The van der Waals surface area contributed by atoms with E-state index in [1.165, 1.54) is 113 Å². The second-order valence-corrected chi connectivity index (χ2v) is 26.6. The van der Waals surface area contributed by atoms with Gasteiger partial charge in [-0.2, -0.15) is 0 Å². The Morgan fingerprint density at radius 2 is 0.923 bits per heavy atom. The Morgan fingerprint density at radius 1 is 0.385 bits per heavy atom. The maximum Gasteiger partial charge on any atom is 0.0540 e. The predicted molar refractivity (Wildman–Crippen MR) is 326 cm³/mol. The highest BCUT2D eigenvalue weighted by Gasteiger charge is 2.90. The van der Waals surface area contributed by atoms with Crippen LogP contribution in [0.1, 0.15) is 107 Å². The fourth-order valence-corrected chi connectivity index (χ4v) is 17.4. The van der Waals surface area contributed by atoms with Gasteiger partial charge >= 0.3 is 0 Å². The highest BCUT2D eigenvalue weighted by atomic mass is 15.1. The van der Waals surface area contributed by atoms with Gasteiger partial charge in [0.15, 0.2) is 0 Å². The molecule has 16 rings (SSSR count). The number of hydrogen-bond donors (Lipinski definition) is 0. The van der Waals surface area contributed by atoms with Crippen LogP contribution in [0.25, 0.3) is 66.4 Å². The van der Waals surface area contributed by atoms with Crippen LogP contribution in [-0.2, 0) is 21.7 Å². The minimum Gasteiger partial charge on any atom is -0.310 e. The molecule has 10 aromatic carbocycles. The zero-order valence-electron chi connectivity index (χ0n) is 46.2. The van der Waals surface area contributed by atoms with Gasteiger partial charge in [-0.1, -0.05) is 224 Å². The van der Waals surface area contributed by atoms with Crippen molar-refractivity contribution in [3.63, 3.8) is 0 Å². The number of nitrogens with zero attached hydrogens (tertiary/aromatic N) is 1. The monoisotopic (exact) mass is 1010 g/mol. The van der Waals surface area contributed by atoms with Gasteiger partial charge in [0.25, 0.3) is 0 Å². The molecule has 1 heteroatoms. The first kappa shape index (κ1) is 46.4. The zero-order chi connectivity index (χ0) is 52.7. The average molecular weight is 1010 g/mol. The quantitative estimate of drug-likeness (QED) is 0.154. The molecule has 78 heavy (non-hydrogen) atoms. The number of rotatable bonds is 7. The molecule has 0 aliphatic heterocycles. The summed E-state index contributed by atoms with van der Waals surface area (Å²) in [5.74, 6) is 3.58. The molecule has 10 aromatic rings. The number of fused-ring (bicyclic) bond motifs is 11. The summed E-state index contributed by atoms with van der Waals surface area (Å²) in [6, 6.07) is 84.4. The Morgan fingerprint density at radius 3 is 1.60 bits per heavy atom. The molecule has 2 spiro atoms. The van der Waals surface area contributed by atoms with E-state index in [1.807, 2.05) is 0 Å². The number of benzene rings is 10. The van der Waals surface area contributed by atoms with Crippen molar-refractivity contribution < 1.29 is 0 Å². The zero-order valence-corrected chi connectivity index (χ0v) is 46.2. The minimum absolute atomic E-state index is 0.00949. The molecule has 0 N–H and O–H groups in total. The Kier molecular flexibility index (Phi) is 9.48. The summed E-state index contributed by atoms with van der Waals surface area (Å²) in [5, 5.41) is 2.51. The molecular formula is C77H67N. The van der Waals surface area contributed by atoms with E-state index in [0.717, 1.165) is 40.7 Å². The normalized spacial score (nSPS) is 24.3. The lowest BCUT2D eigenvalue weighted by Gasteiger charge is -2.92. The summed E-state index contributed by atoms with van der Waals surface area (Å²) in [4.78, 5) is 2.55. The van der Waals surface area contributed by atoms with Crippen LogP contribution in [0.2, 0.25) is 0 Å². The minimum atomic E-state index is -0.347. The van der Waals surface area contributed by atoms with Crippen LogP contribution < -0.4 is 4.90 Å². The maximum atomic E-state index is 2.63. The maximum absolute atomic E-state index is 2.63. The van der Waals surface area contributed by atoms with Gasteiger partial charge in [-0.15, -0.1) is 0 Å². The largest absolute Gasteiger partial charge is 0.310 e. The van der Waals surface area contributed by atoms with Crippen LogP contribution in [-0.4, -0.2) is 0 Å². The van der Waals surface area contributed by atoms with E-state index in [-0.39, 0.29) is 21.7 Å². The topological polar surface area (TPSA) is 3.24 Å². The number of para-hydroxylation sites is 1. The van der Waals surface area contributed by atoms with Crippen molar-refractivity contribution >= 4 is 27.8 Å². The van der Waals surface area contributed by atoms with Gasteiger partial charge in [-0.3, -0.25) is 0 Å². The van der Waals surface area contributed by atoms with Gasteiger partial charge in [0.2, 0.25) is 0 Å². The Balaban J connectivity index is 0.872. The lowest BCUT2D eigenvalue weighted by Crippen LogP contribution is -2.88. The van der Waals surface area contributed by atoms with Crippen LogP contribution >= 0.6 is 0 Å². The van der Waals surface area contributed by atoms with Gasteiger partial charge in [-0.05, 0) is 202 Å². The smallest absolute Gasteiger partial charge is 0.0540 e. The molecule has 0 saturated heterocycles. The van der Waals surface area contributed by atoms with E-state index in [0.29, 0.717) is 5.41 Å². The first-order valence-corrected chi connectivity index (χ1v) is 29.0. The van der Waals surface area contributed by atoms with Crippen LogP contribution in [0.15, 0.2) is 218 Å². The summed E-state index contributed by atoms with van der Waals surface area (Å²) in [6.45, 7) is 16.5. The van der Waals surface area contributed by atoms with E-state index in [9.17, 15) is 0 Å². The first-order chi connectivity index (χ1) is 37.8. The molecule has 5 unspecified atom stereocenters. The summed E-state index contributed by atoms with van der Waals surface area (Å²) in [6.07, 6.45) is 4.32. The summed E-state index contributed by atoms with van der Waals surface area (Å²) in [5.41, 5.74) is 26.9. The number of anilines is 3. The van der Waals surface area contributed by atoms with E-state index < -0.39 is 0 Å². The highest BCUT2D eigenvalue weighted by molar-refractivity contribution is 6.09. The van der Waals surface area contributed by atoms with Crippen LogP contribution in [0, 0.1) is 29.1 Å². The fourth-order valence-electron chi connectivity index (χ4n) is 17.4. The molecule has 380 valence electrons. The number of hydrogen-bond acceptors (Lipinski definition) is 1. The highest BCUT2D eigenvalue weighted by Crippen LogP contribution is 2.95. The van der Waals surface area contributed by atoms with E-state index in [2.05, 4.69) is 272 Å².